The third kappa shape index (κ3) is 4.32. The standard InChI is InChI=1S/C13H22ClNO2/c1-4-17-8-11(14)13(16)15-12-9(2)6-5-7-10(12)3/h9,11H,4-8H2,1-3H3,(H,15,16). The zero-order chi connectivity index (χ0) is 12.8. The molecule has 0 saturated heterocycles. The van der Waals surface area contributed by atoms with Crippen LogP contribution in [0.3, 0.4) is 0 Å². The third-order valence-corrected chi connectivity index (χ3v) is 3.48. The third-order valence-electron chi connectivity index (χ3n) is 3.15. The Hall–Kier alpha value is -0.540. The highest BCUT2D eigenvalue weighted by Gasteiger charge is 2.22. The van der Waals surface area contributed by atoms with Gasteiger partial charge in [-0.2, -0.15) is 0 Å². The molecule has 0 aromatic carbocycles. The quantitative estimate of drug-likeness (QED) is 0.771. The molecule has 0 aromatic rings. The lowest BCUT2D eigenvalue weighted by Gasteiger charge is -2.25. The van der Waals surface area contributed by atoms with E-state index >= 15 is 0 Å². The molecule has 0 bridgehead atoms. The van der Waals surface area contributed by atoms with Gasteiger partial charge in [-0.3, -0.25) is 4.79 Å². The smallest absolute Gasteiger partial charge is 0.244 e. The summed E-state index contributed by atoms with van der Waals surface area (Å²) in [6.45, 7) is 6.96. The minimum absolute atomic E-state index is 0.150. The molecule has 1 aliphatic carbocycles. The molecule has 0 radical (unpaired) electrons. The topological polar surface area (TPSA) is 38.3 Å². The summed E-state index contributed by atoms with van der Waals surface area (Å²) in [5.74, 6) is 0.270. The van der Waals surface area contributed by atoms with Crippen LogP contribution in [-0.2, 0) is 9.53 Å². The van der Waals surface area contributed by atoms with Crippen molar-refractivity contribution < 1.29 is 9.53 Å². The predicted octanol–water partition coefficient (Wildman–Crippen LogP) is 2.84. The van der Waals surface area contributed by atoms with E-state index in [1.54, 1.807) is 0 Å². The van der Waals surface area contributed by atoms with Crippen molar-refractivity contribution in [3.63, 3.8) is 0 Å². The van der Waals surface area contributed by atoms with Gasteiger partial charge in [-0.25, -0.2) is 0 Å². The van der Waals surface area contributed by atoms with Crippen LogP contribution < -0.4 is 5.32 Å². The first kappa shape index (κ1) is 14.5. The van der Waals surface area contributed by atoms with Gasteiger partial charge in [0, 0.05) is 12.3 Å². The Morgan fingerprint density at radius 1 is 1.65 bits per heavy atom. The van der Waals surface area contributed by atoms with E-state index in [4.69, 9.17) is 16.3 Å². The predicted molar refractivity (Wildman–Crippen MR) is 70.0 cm³/mol. The number of hydrogen-bond donors (Lipinski definition) is 1. The monoisotopic (exact) mass is 259 g/mol. The van der Waals surface area contributed by atoms with Crippen molar-refractivity contribution in [3.8, 4) is 0 Å². The summed E-state index contributed by atoms with van der Waals surface area (Å²) in [5, 5.41) is 2.35. The van der Waals surface area contributed by atoms with Crippen molar-refractivity contribution in [3.05, 3.63) is 11.3 Å². The zero-order valence-corrected chi connectivity index (χ0v) is 11.6. The molecular formula is C13H22ClNO2. The molecular weight excluding hydrogens is 238 g/mol. The Kier molecular flexibility index (Phi) is 6.00. The largest absolute Gasteiger partial charge is 0.380 e. The number of hydrogen-bond acceptors (Lipinski definition) is 2. The van der Waals surface area contributed by atoms with Gasteiger partial charge in [0.2, 0.25) is 5.91 Å². The molecule has 0 saturated carbocycles. The summed E-state index contributed by atoms with van der Waals surface area (Å²) >= 11 is 5.97. The minimum Gasteiger partial charge on any atom is -0.380 e. The number of ether oxygens (including phenoxy) is 1. The average Bonchev–Trinajstić information content (AvgIpc) is 2.30. The fraction of sp³-hybridized carbons (Fsp3) is 0.769. The Morgan fingerprint density at radius 3 is 2.94 bits per heavy atom. The second-order valence-electron chi connectivity index (χ2n) is 4.60. The van der Waals surface area contributed by atoms with E-state index in [9.17, 15) is 4.79 Å². The summed E-state index contributed by atoms with van der Waals surface area (Å²) in [5.41, 5.74) is 2.33. The fourth-order valence-corrected chi connectivity index (χ4v) is 2.25. The number of carbonyl (C=O) groups excluding carboxylic acids is 1. The molecule has 1 N–H and O–H groups in total. The molecule has 1 rings (SSSR count). The summed E-state index contributed by atoms with van der Waals surface area (Å²) in [7, 11) is 0. The highest BCUT2D eigenvalue weighted by Crippen LogP contribution is 2.27. The van der Waals surface area contributed by atoms with E-state index in [0.29, 0.717) is 12.5 Å². The molecule has 2 unspecified atom stereocenters. The maximum atomic E-state index is 11.9. The second-order valence-corrected chi connectivity index (χ2v) is 5.13. The molecule has 1 amide bonds. The van der Waals surface area contributed by atoms with Crippen molar-refractivity contribution >= 4 is 17.5 Å². The number of carbonyl (C=O) groups is 1. The first-order valence-corrected chi connectivity index (χ1v) is 6.72. The molecule has 0 spiro atoms. The van der Waals surface area contributed by atoms with Crippen LogP contribution in [0.4, 0.5) is 0 Å². The second kappa shape index (κ2) is 7.02. The van der Waals surface area contributed by atoms with Crippen molar-refractivity contribution in [2.75, 3.05) is 13.2 Å². The number of amides is 1. The lowest BCUT2D eigenvalue weighted by Crippen LogP contribution is -2.36. The van der Waals surface area contributed by atoms with Crippen LogP contribution >= 0.6 is 11.6 Å². The Bertz CT molecular complexity index is 302. The molecule has 0 aromatic heterocycles. The van der Waals surface area contributed by atoms with Crippen LogP contribution in [0.15, 0.2) is 11.3 Å². The van der Waals surface area contributed by atoms with Crippen LogP contribution in [0, 0.1) is 5.92 Å². The Balaban J connectivity index is 2.55. The maximum Gasteiger partial charge on any atom is 0.244 e. The summed E-state index contributed by atoms with van der Waals surface area (Å²) in [6.07, 6.45) is 3.40. The number of halogens is 1. The van der Waals surface area contributed by atoms with Gasteiger partial charge in [-0.15, -0.1) is 11.6 Å². The van der Waals surface area contributed by atoms with E-state index in [-0.39, 0.29) is 12.5 Å². The molecule has 0 fully saturated rings. The van der Waals surface area contributed by atoms with Crippen LogP contribution in [0.2, 0.25) is 0 Å². The molecule has 0 heterocycles. The van der Waals surface area contributed by atoms with Crippen LogP contribution in [0.5, 0.6) is 0 Å². The Labute approximate surface area is 109 Å². The number of allylic oxidation sites excluding steroid dienone is 2. The van der Waals surface area contributed by atoms with Crippen LogP contribution in [0.1, 0.15) is 40.0 Å². The first-order chi connectivity index (χ1) is 8.06. The van der Waals surface area contributed by atoms with Crippen LogP contribution in [-0.4, -0.2) is 24.5 Å². The van der Waals surface area contributed by atoms with E-state index < -0.39 is 5.38 Å². The average molecular weight is 260 g/mol. The summed E-state index contributed by atoms with van der Waals surface area (Å²) in [6, 6.07) is 0. The minimum atomic E-state index is -0.607. The van der Waals surface area contributed by atoms with Gasteiger partial charge in [0.05, 0.1) is 6.61 Å². The van der Waals surface area contributed by atoms with Crippen molar-refractivity contribution in [2.24, 2.45) is 5.92 Å². The van der Waals surface area contributed by atoms with Crippen LogP contribution in [0.25, 0.3) is 0 Å². The van der Waals surface area contributed by atoms with Gasteiger partial charge in [0.25, 0.3) is 0 Å². The van der Waals surface area contributed by atoms with E-state index in [0.717, 1.165) is 18.5 Å². The van der Waals surface area contributed by atoms with E-state index in [1.807, 2.05) is 6.92 Å². The van der Waals surface area contributed by atoms with Gasteiger partial charge in [0.15, 0.2) is 0 Å². The highest BCUT2D eigenvalue weighted by molar-refractivity contribution is 6.31. The molecule has 4 heteroatoms. The molecule has 98 valence electrons. The summed E-state index contributed by atoms with van der Waals surface area (Å²) < 4.78 is 5.15. The molecule has 2 atom stereocenters. The van der Waals surface area contributed by atoms with Crippen molar-refractivity contribution in [1.82, 2.24) is 5.32 Å². The van der Waals surface area contributed by atoms with Gasteiger partial charge in [0.1, 0.15) is 5.38 Å². The lowest BCUT2D eigenvalue weighted by atomic mass is 9.89. The van der Waals surface area contributed by atoms with Gasteiger partial charge in [-0.05, 0) is 39.0 Å². The fourth-order valence-electron chi connectivity index (χ4n) is 2.11. The summed E-state index contributed by atoms with van der Waals surface area (Å²) in [4.78, 5) is 11.9. The normalized spacial score (nSPS) is 22.5. The number of nitrogens with one attached hydrogen (secondary N) is 1. The molecule has 3 nitrogen and oxygen atoms in total. The van der Waals surface area contributed by atoms with Gasteiger partial charge >= 0.3 is 0 Å². The van der Waals surface area contributed by atoms with Gasteiger partial charge in [-0.1, -0.05) is 12.5 Å². The highest BCUT2D eigenvalue weighted by atomic mass is 35.5. The maximum absolute atomic E-state index is 11.9. The van der Waals surface area contributed by atoms with Crippen molar-refractivity contribution in [1.29, 1.82) is 0 Å². The molecule has 0 aliphatic heterocycles. The van der Waals surface area contributed by atoms with E-state index in [2.05, 4.69) is 19.2 Å². The molecule has 17 heavy (non-hydrogen) atoms. The van der Waals surface area contributed by atoms with Gasteiger partial charge < -0.3 is 10.1 Å². The first-order valence-electron chi connectivity index (χ1n) is 6.28. The SMILES string of the molecule is CCOCC(Cl)C(=O)NC1=C(C)CCCC1C. The molecule has 1 aliphatic rings. The Morgan fingerprint density at radius 2 is 2.35 bits per heavy atom. The zero-order valence-electron chi connectivity index (χ0n) is 10.9. The van der Waals surface area contributed by atoms with Crippen molar-refractivity contribution in [2.45, 2.75) is 45.4 Å². The lowest BCUT2D eigenvalue weighted by molar-refractivity contribution is -0.121. The number of alkyl halides is 1. The number of rotatable bonds is 5. The van der Waals surface area contributed by atoms with E-state index in [1.165, 1.54) is 12.0 Å².